The van der Waals surface area contributed by atoms with Crippen molar-refractivity contribution < 1.29 is 9.59 Å². The molecule has 30 heavy (non-hydrogen) atoms. The Morgan fingerprint density at radius 3 is 2.70 bits per heavy atom. The fraction of sp³-hybridized carbons (Fsp3) is 0.478. The Bertz CT molecular complexity index is 939. The van der Waals surface area contributed by atoms with Gasteiger partial charge in [0.15, 0.2) is 0 Å². The average Bonchev–Trinajstić information content (AvgIpc) is 3.27. The molecule has 1 aromatic carbocycles. The van der Waals surface area contributed by atoms with Gasteiger partial charge in [0.05, 0.1) is 5.69 Å². The van der Waals surface area contributed by atoms with Crippen molar-refractivity contribution in [1.29, 1.82) is 0 Å². The molecule has 4 rings (SSSR count). The molecule has 2 aromatic rings. The maximum absolute atomic E-state index is 12.9. The Morgan fingerprint density at radius 1 is 1.13 bits per heavy atom. The monoisotopic (exact) mass is 407 g/mol. The molecule has 2 heterocycles. The lowest BCUT2D eigenvalue weighted by Crippen LogP contribution is -2.40. The van der Waals surface area contributed by atoms with Gasteiger partial charge in [-0.3, -0.25) is 9.59 Å². The second-order valence-corrected chi connectivity index (χ2v) is 8.51. The van der Waals surface area contributed by atoms with Crippen LogP contribution in [0.5, 0.6) is 0 Å². The first kappa shape index (κ1) is 20.3. The van der Waals surface area contributed by atoms with E-state index >= 15 is 0 Å². The van der Waals surface area contributed by atoms with E-state index in [0.717, 1.165) is 36.2 Å². The van der Waals surface area contributed by atoms with E-state index < -0.39 is 5.91 Å². The van der Waals surface area contributed by atoms with Crippen LogP contribution in [0, 0.1) is 5.92 Å². The summed E-state index contributed by atoms with van der Waals surface area (Å²) in [7, 11) is 0. The number of carbonyl (C=O) groups excluding carboxylic acids is 2. The maximum atomic E-state index is 12.9. The summed E-state index contributed by atoms with van der Waals surface area (Å²) in [5, 5.41) is 0. The van der Waals surface area contributed by atoms with Gasteiger partial charge in [0.25, 0.3) is 0 Å². The van der Waals surface area contributed by atoms with Crippen LogP contribution in [0.3, 0.4) is 0 Å². The number of amides is 2. The van der Waals surface area contributed by atoms with Crippen molar-refractivity contribution in [3.63, 3.8) is 0 Å². The van der Waals surface area contributed by atoms with E-state index in [2.05, 4.69) is 9.97 Å². The number of nitrogens with zero attached hydrogens (tertiary/aromatic N) is 3. The molecule has 4 N–H and O–H groups in total. The zero-order valence-corrected chi connectivity index (χ0v) is 17.2. The van der Waals surface area contributed by atoms with Crippen LogP contribution < -0.4 is 11.5 Å². The molecular formula is C23H29N5O2. The number of benzene rings is 1. The normalized spacial score (nSPS) is 19.7. The minimum Gasteiger partial charge on any atom is -0.368 e. The van der Waals surface area contributed by atoms with Gasteiger partial charge in [0.2, 0.25) is 17.8 Å². The number of nitrogen functional groups attached to an aromatic ring is 1. The minimum atomic E-state index is -0.476. The van der Waals surface area contributed by atoms with Gasteiger partial charge < -0.3 is 16.4 Å². The summed E-state index contributed by atoms with van der Waals surface area (Å²) in [6.45, 7) is 1.44. The van der Waals surface area contributed by atoms with Crippen LogP contribution in [0.2, 0.25) is 0 Å². The Hall–Kier alpha value is -2.96. The molecule has 0 radical (unpaired) electrons. The van der Waals surface area contributed by atoms with Gasteiger partial charge in [0, 0.05) is 42.8 Å². The Balaban J connectivity index is 1.58. The quantitative estimate of drug-likeness (QED) is 0.790. The van der Waals surface area contributed by atoms with Gasteiger partial charge in [-0.05, 0) is 49.3 Å². The molecule has 0 spiro atoms. The molecule has 1 aromatic heterocycles. The standard InChI is InChI=1S/C23H29N5O2/c24-22(30)17-8-3-7-16(12-17)19-13-26-23(25)27-21(19)18-9-4-10-28(14-18)20(29)11-15-5-1-2-6-15/h3,7-8,12-13,15,18H,1-2,4-6,9-11,14H2,(H2,24,30)(H2,25,26,27). The number of anilines is 1. The number of likely N-dealkylation sites (tertiary alicyclic amines) is 1. The lowest BCUT2D eigenvalue weighted by molar-refractivity contribution is -0.133. The summed E-state index contributed by atoms with van der Waals surface area (Å²) >= 11 is 0. The molecule has 1 atom stereocenters. The molecule has 7 nitrogen and oxygen atoms in total. The number of nitrogens with two attached hydrogens (primary N) is 2. The Kier molecular flexibility index (Phi) is 5.97. The zero-order valence-electron chi connectivity index (χ0n) is 17.2. The van der Waals surface area contributed by atoms with Gasteiger partial charge in [-0.15, -0.1) is 0 Å². The van der Waals surface area contributed by atoms with Crippen LogP contribution in [-0.4, -0.2) is 39.8 Å². The van der Waals surface area contributed by atoms with Crippen molar-refractivity contribution in [3.8, 4) is 11.1 Å². The highest BCUT2D eigenvalue weighted by molar-refractivity contribution is 5.94. The Labute approximate surface area is 176 Å². The van der Waals surface area contributed by atoms with Crippen LogP contribution in [0.4, 0.5) is 5.95 Å². The SMILES string of the molecule is NC(=O)c1cccc(-c2cnc(N)nc2C2CCCN(C(=O)CC3CCCC3)C2)c1. The average molecular weight is 408 g/mol. The first-order valence-corrected chi connectivity index (χ1v) is 10.8. The van der Waals surface area contributed by atoms with E-state index in [1.54, 1.807) is 24.4 Å². The van der Waals surface area contributed by atoms with E-state index in [0.29, 0.717) is 24.4 Å². The molecule has 1 aliphatic heterocycles. The molecule has 158 valence electrons. The molecule has 2 aliphatic rings. The van der Waals surface area contributed by atoms with Crippen molar-refractivity contribution >= 4 is 17.8 Å². The molecule has 1 saturated heterocycles. The van der Waals surface area contributed by atoms with Crippen LogP contribution >= 0.6 is 0 Å². The second kappa shape index (κ2) is 8.81. The van der Waals surface area contributed by atoms with Crippen molar-refractivity contribution in [2.75, 3.05) is 18.8 Å². The summed E-state index contributed by atoms with van der Waals surface area (Å²) in [6, 6.07) is 7.16. The summed E-state index contributed by atoms with van der Waals surface area (Å²) in [4.78, 5) is 35.2. The van der Waals surface area contributed by atoms with Crippen LogP contribution in [0.15, 0.2) is 30.5 Å². The first-order chi connectivity index (χ1) is 14.5. The molecule has 1 saturated carbocycles. The zero-order chi connectivity index (χ0) is 21.1. The van der Waals surface area contributed by atoms with Gasteiger partial charge in [-0.25, -0.2) is 9.97 Å². The first-order valence-electron chi connectivity index (χ1n) is 10.8. The molecular weight excluding hydrogens is 378 g/mol. The highest BCUT2D eigenvalue weighted by Crippen LogP contribution is 2.35. The maximum Gasteiger partial charge on any atom is 0.248 e. The molecule has 2 amide bonds. The van der Waals surface area contributed by atoms with Crippen LogP contribution in [-0.2, 0) is 4.79 Å². The highest BCUT2D eigenvalue weighted by Gasteiger charge is 2.29. The molecule has 7 heteroatoms. The largest absolute Gasteiger partial charge is 0.368 e. The summed E-state index contributed by atoms with van der Waals surface area (Å²) < 4.78 is 0. The topological polar surface area (TPSA) is 115 Å². The number of carbonyl (C=O) groups is 2. The fourth-order valence-electron chi connectivity index (χ4n) is 4.80. The number of aromatic nitrogens is 2. The van der Waals surface area contributed by atoms with Gasteiger partial charge in [-0.2, -0.15) is 0 Å². The molecule has 0 bridgehead atoms. The van der Waals surface area contributed by atoms with E-state index in [1.807, 2.05) is 11.0 Å². The second-order valence-electron chi connectivity index (χ2n) is 8.51. The van der Waals surface area contributed by atoms with Crippen LogP contribution in [0.1, 0.15) is 66.9 Å². The van der Waals surface area contributed by atoms with E-state index in [4.69, 9.17) is 11.5 Å². The van der Waals surface area contributed by atoms with E-state index in [-0.39, 0.29) is 17.8 Å². The predicted molar refractivity (Wildman–Crippen MR) is 116 cm³/mol. The van der Waals surface area contributed by atoms with Crippen molar-refractivity contribution in [2.45, 2.75) is 50.9 Å². The summed E-state index contributed by atoms with van der Waals surface area (Å²) in [6.07, 6.45) is 9.07. The van der Waals surface area contributed by atoms with Gasteiger partial charge in [0.1, 0.15) is 0 Å². The van der Waals surface area contributed by atoms with Crippen molar-refractivity contribution in [3.05, 3.63) is 41.7 Å². The number of piperidine rings is 1. The van der Waals surface area contributed by atoms with E-state index in [1.165, 1.54) is 25.7 Å². The number of hydrogen-bond acceptors (Lipinski definition) is 5. The van der Waals surface area contributed by atoms with Crippen molar-refractivity contribution in [2.24, 2.45) is 11.7 Å². The third kappa shape index (κ3) is 4.45. The lowest BCUT2D eigenvalue weighted by Gasteiger charge is -2.34. The number of primary amides is 1. The predicted octanol–water partition coefficient (Wildman–Crippen LogP) is 3.11. The third-order valence-corrected chi connectivity index (χ3v) is 6.39. The molecule has 2 fully saturated rings. The summed E-state index contributed by atoms with van der Waals surface area (Å²) in [5.41, 5.74) is 14.3. The molecule has 1 unspecified atom stereocenters. The van der Waals surface area contributed by atoms with Crippen molar-refractivity contribution in [1.82, 2.24) is 14.9 Å². The fourth-order valence-corrected chi connectivity index (χ4v) is 4.80. The lowest BCUT2D eigenvalue weighted by atomic mass is 9.89. The summed E-state index contributed by atoms with van der Waals surface area (Å²) in [5.74, 6) is 0.625. The highest BCUT2D eigenvalue weighted by atomic mass is 16.2. The number of rotatable bonds is 5. The van der Waals surface area contributed by atoms with Gasteiger partial charge in [-0.1, -0.05) is 25.0 Å². The molecule has 1 aliphatic carbocycles. The Morgan fingerprint density at radius 2 is 1.93 bits per heavy atom. The number of hydrogen-bond donors (Lipinski definition) is 2. The smallest absolute Gasteiger partial charge is 0.248 e. The van der Waals surface area contributed by atoms with E-state index in [9.17, 15) is 9.59 Å². The van der Waals surface area contributed by atoms with Crippen LogP contribution in [0.25, 0.3) is 11.1 Å². The third-order valence-electron chi connectivity index (χ3n) is 6.39. The van der Waals surface area contributed by atoms with Gasteiger partial charge >= 0.3 is 0 Å². The minimum absolute atomic E-state index is 0.0869.